The number of carbonyl (C=O) groups is 2. The van der Waals surface area contributed by atoms with Gasteiger partial charge in [0.15, 0.2) is 0 Å². The number of hydrogen-bond acceptors (Lipinski definition) is 2. The average molecular weight is 219 g/mol. The van der Waals surface area contributed by atoms with Crippen LogP contribution in [0.15, 0.2) is 24.3 Å². The van der Waals surface area contributed by atoms with Crippen molar-refractivity contribution in [1.29, 1.82) is 0 Å². The minimum absolute atomic E-state index is 0.120. The van der Waals surface area contributed by atoms with E-state index in [2.05, 4.69) is 0 Å². The van der Waals surface area contributed by atoms with Crippen molar-refractivity contribution in [3.8, 4) is 0 Å². The van der Waals surface area contributed by atoms with E-state index < -0.39 is 5.97 Å². The van der Waals surface area contributed by atoms with Gasteiger partial charge in [-0.05, 0) is 37.1 Å². The summed E-state index contributed by atoms with van der Waals surface area (Å²) in [6, 6.07) is 6.43. The molecule has 0 bridgehead atoms. The lowest BCUT2D eigenvalue weighted by molar-refractivity contribution is -0.119. The quantitative estimate of drug-likeness (QED) is 0.826. The number of carboxylic acid groups (broad SMARTS) is 1. The van der Waals surface area contributed by atoms with Gasteiger partial charge in [-0.15, -0.1) is 0 Å². The molecule has 1 aliphatic rings. The Hall–Kier alpha value is -1.84. The molecule has 1 aliphatic heterocycles. The van der Waals surface area contributed by atoms with Crippen molar-refractivity contribution in [3.63, 3.8) is 0 Å². The summed E-state index contributed by atoms with van der Waals surface area (Å²) in [7, 11) is 0. The van der Waals surface area contributed by atoms with Crippen LogP contribution in [0.1, 0.15) is 29.6 Å². The normalized spacial score (nSPS) is 16.2. The van der Waals surface area contributed by atoms with E-state index in [0.29, 0.717) is 6.42 Å². The molecule has 0 saturated carbocycles. The first-order chi connectivity index (χ1) is 7.68. The van der Waals surface area contributed by atoms with Crippen molar-refractivity contribution >= 4 is 17.6 Å². The van der Waals surface area contributed by atoms with Gasteiger partial charge in [0.25, 0.3) is 0 Å². The maximum absolute atomic E-state index is 11.6. The summed E-state index contributed by atoms with van der Waals surface area (Å²) < 4.78 is 0. The topological polar surface area (TPSA) is 57.6 Å². The monoisotopic (exact) mass is 219 g/mol. The third kappa shape index (κ3) is 2.05. The van der Waals surface area contributed by atoms with Crippen molar-refractivity contribution in [3.05, 3.63) is 29.8 Å². The smallest absolute Gasteiger partial charge is 0.335 e. The first-order valence-electron chi connectivity index (χ1n) is 5.32. The zero-order chi connectivity index (χ0) is 11.5. The van der Waals surface area contributed by atoms with Gasteiger partial charge in [0.1, 0.15) is 0 Å². The summed E-state index contributed by atoms with van der Waals surface area (Å²) in [4.78, 5) is 24.0. The van der Waals surface area contributed by atoms with Crippen LogP contribution < -0.4 is 4.90 Å². The summed E-state index contributed by atoms with van der Waals surface area (Å²) >= 11 is 0. The zero-order valence-corrected chi connectivity index (χ0v) is 8.85. The van der Waals surface area contributed by atoms with Crippen molar-refractivity contribution in [2.24, 2.45) is 0 Å². The molecule has 1 heterocycles. The maximum Gasteiger partial charge on any atom is 0.335 e. The van der Waals surface area contributed by atoms with Gasteiger partial charge in [-0.3, -0.25) is 4.79 Å². The van der Waals surface area contributed by atoms with Crippen LogP contribution in [0.25, 0.3) is 0 Å². The van der Waals surface area contributed by atoms with E-state index in [1.807, 2.05) is 0 Å². The van der Waals surface area contributed by atoms with Crippen LogP contribution in [-0.2, 0) is 4.79 Å². The fraction of sp³-hybridized carbons (Fsp3) is 0.333. The second-order valence-electron chi connectivity index (χ2n) is 3.85. The van der Waals surface area contributed by atoms with E-state index in [-0.39, 0.29) is 11.5 Å². The highest BCUT2D eigenvalue weighted by molar-refractivity contribution is 5.95. The molecular formula is C12H13NO3. The van der Waals surface area contributed by atoms with Gasteiger partial charge in [0, 0.05) is 18.7 Å². The van der Waals surface area contributed by atoms with E-state index >= 15 is 0 Å². The molecule has 1 aromatic carbocycles. The minimum Gasteiger partial charge on any atom is -0.478 e. The molecule has 0 aliphatic carbocycles. The van der Waals surface area contributed by atoms with Gasteiger partial charge < -0.3 is 10.0 Å². The molecule has 0 spiro atoms. The largest absolute Gasteiger partial charge is 0.478 e. The fourth-order valence-electron chi connectivity index (χ4n) is 1.86. The number of carbonyl (C=O) groups excluding carboxylic acids is 1. The molecule has 0 unspecified atom stereocenters. The Balaban J connectivity index is 2.20. The van der Waals surface area contributed by atoms with Gasteiger partial charge in [-0.25, -0.2) is 4.79 Å². The highest BCUT2D eigenvalue weighted by Crippen LogP contribution is 2.21. The number of anilines is 1. The van der Waals surface area contributed by atoms with Gasteiger partial charge in [-0.1, -0.05) is 0 Å². The van der Waals surface area contributed by atoms with Crippen LogP contribution in [0.4, 0.5) is 5.69 Å². The lowest BCUT2D eigenvalue weighted by atomic mass is 10.1. The Morgan fingerprint density at radius 3 is 2.44 bits per heavy atom. The molecule has 1 saturated heterocycles. The number of aromatic carboxylic acids is 1. The van der Waals surface area contributed by atoms with Crippen LogP contribution >= 0.6 is 0 Å². The van der Waals surface area contributed by atoms with Crippen LogP contribution in [0.2, 0.25) is 0 Å². The van der Waals surface area contributed by atoms with Crippen LogP contribution in [0, 0.1) is 0 Å². The standard InChI is InChI=1S/C12H13NO3/c14-11-3-1-2-8-13(11)10-6-4-9(5-7-10)12(15)16/h4-7H,1-3,8H2,(H,15,16). The summed E-state index contributed by atoms with van der Waals surface area (Å²) in [5.74, 6) is -0.828. The third-order valence-electron chi connectivity index (χ3n) is 2.75. The maximum atomic E-state index is 11.6. The molecule has 1 aromatic rings. The Bertz CT molecular complexity index is 411. The summed E-state index contributed by atoms with van der Waals surface area (Å²) in [5.41, 5.74) is 1.03. The fourth-order valence-corrected chi connectivity index (χ4v) is 1.86. The number of benzene rings is 1. The van der Waals surface area contributed by atoms with Gasteiger partial charge in [0.2, 0.25) is 5.91 Å². The minimum atomic E-state index is -0.948. The van der Waals surface area contributed by atoms with Crippen molar-refractivity contribution in [1.82, 2.24) is 0 Å². The third-order valence-corrected chi connectivity index (χ3v) is 2.75. The zero-order valence-electron chi connectivity index (χ0n) is 8.85. The van der Waals surface area contributed by atoms with E-state index in [9.17, 15) is 9.59 Å². The summed E-state index contributed by atoms with van der Waals surface area (Å²) in [6.45, 7) is 0.727. The Morgan fingerprint density at radius 2 is 1.88 bits per heavy atom. The molecule has 4 nitrogen and oxygen atoms in total. The first-order valence-corrected chi connectivity index (χ1v) is 5.32. The van der Waals surface area contributed by atoms with Crippen molar-refractivity contribution < 1.29 is 14.7 Å². The number of piperidine rings is 1. The first kappa shape index (κ1) is 10.7. The van der Waals surface area contributed by atoms with Crippen LogP contribution in [0.3, 0.4) is 0 Å². The lowest BCUT2D eigenvalue weighted by Gasteiger charge is -2.26. The van der Waals surface area contributed by atoms with E-state index in [1.54, 1.807) is 17.0 Å². The molecular weight excluding hydrogens is 206 g/mol. The molecule has 2 rings (SSSR count). The average Bonchev–Trinajstić information content (AvgIpc) is 2.30. The molecule has 1 N–H and O–H groups in total. The molecule has 4 heteroatoms. The Morgan fingerprint density at radius 1 is 1.19 bits per heavy atom. The van der Waals surface area contributed by atoms with Crippen molar-refractivity contribution in [2.45, 2.75) is 19.3 Å². The second-order valence-corrected chi connectivity index (χ2v) is 3.85. The molecule has 0 aromatic heterocycles. The summed E-state index contributed by atoms with van der Waals surface area (Å²) in [6.07, 6.45) is 2.54. The van der Waals surface area contributed by atoms with E-state index in [4.69, 9.17) is 5.11 Å². The number of amides is 1. The molecule has 0 radical (unpaired) electrons. The predicted molar refractivity (Wildman–Crippen MR) is 59.6 cm³/mol. The van der Waals surface area contributed by atoms with Crippen LogP contribution in [0.5, 0.6) is 0 Å². The molecule has 84 valence electrons. The number of nitrogens with zero attached hydrogens (tertiary/aromatic N) is 1. The summed E-state index contributed by atoms with van der Waals surface area (Å²) in [5, 5.41) is 8.76. The predicted octanol–water partition coefficient (Wildman–Crippen LogP) is 1.90. The Labute approximate surface area is 93.5 Å². The molecule has 1 fully saturated rings. The number of hydrogen-bond donors (Lipinski definition) is 1. The van der Waals surface area contributed by atoms with Crippen molar-refractivity contribution in [2.75, 3.05) is 11.4 Å². The van der Waals surface area contributed by atoms with Gasteiger partial charge in [0.05, 0.1) is 5.56 Å². The van der Waals surface area contributed by atoms with Gasteiger partial charge >= 0.3 is 5.97 Å². The van der Waals surface area contributed by atoms with Crippen LogP contribution in [-0.4, -0.2) is 23.5 Å². The number of carboxylic acids is 1. The molecule has 16 heavy (non-hydrogen) atoms. The van der Waals surface area contributed by atoms with E-state index in [1.165, 1.54) is 12.1 Å². The molecule has 1 amide bonds. The highest BCUT2D eigenvalue weighted by Gasteiger charge is 2.19. The number of rotatable bonds is 2. The SMILES string of the molecule is O=C(O)c1ccc(N2CCCCC2=O)cc1. The highest BCUT2D eigenvalue weighted by atomic mass is 16.4. The Kier molecular flexibility index (Phi) is 2.90. The van der Waals surface area contributed by atoms with Gasteiger partial charge in [-0.2, -0.15) is 0 Å². The molecule has 0 atom stereocenters. The van der Waals surface area contributed by atoms with E-state index in [0.717, 1.165) is 25.1 Å². The lowest BCUT2D eigenvalue weighted by Crippen LogP contribution is -2.35. The second kappa shape index (κ2) is 4.35.